The van der Waals surface area contributed by atoms with Crippen molar-refractivity contribution in [1.82, 2.24) is 5.32 Å². The molecule has 84 heavy (non-hydrogen) atoms. The largest absolute Gasteiger partial charge is 0.472 e. The first-order valence-electron chi connectivity index (χ1n) is 33.9. The van der Waals surface area contributed by atoms with Gasteiger partial charge in [0.05, 0.1) is 39.9 Å². The summed E-state index contributed by atoms with van der Waals surface area (Å²) >= 11 is 0. The normalized spacial score (nSPS) is 14.7. The highest BCUT2D eigenvalue weighted by molar-refractivity contribution is 7.47. The Labute approximate surface area is 518 Å². The Balaban J connectivity index is 4.20. The van der Waals surface area contributed by atoms with E-state index < -0.39 is 20.0 Å². The van der Waals surface area contributed by atoms with E-state index in [1.54, 1.807) is 6.08 Å². The molecule has 3 N–H and O–H groups in total. The lowest BCUT2D eigenvalue weighted by Crippen LogP contribution is -2.45. The lowest BCUT2D eigenvalue weighted by Gasteiger charge is -2.25. The van der Waals surface area contributed by atoms with E-state index in [1.807, 2.05) is 27.2 Å². The molecule has 8 nitrogen and oxygen atoms in total. The standard InChI is InChI=1S/C75H127N2O6P/c1-6-8-10-12-14-16-18-20-22-24-26-28-29-30-31-32-33-34-35-36-37-38-39-40-41-42-43-44-45-46-47-49-51-53-55-57-59-61-63-65-67-69-75(79)76-73(72-83-84(80,81)82-71-70-77(3,4)5)74(78)68-66-64-62-60-58-56-54-52-50-48-27-25-23-21-19-17-15-13-11-9-7-2/h8,10,14,16,20,22,26,28,30-31,33-34,36-37,39-40,42-43,45-46,49,51,58,60,66,68,73-74,78H,6-7,9,11-13,15,17-19,21,23-25,27,29,32,35,38,41,44,47-48,50,52-57,59,61-65,67,69-72H2,1-5H3,(H-,76,79,80,81)/p+1/b10-8-,16-14-,22-20-,28-26-,31-30-,34-33-,37-36-,40-39-,43-42-,46-45-,51-49-,60-58+,68-66+. The zero-order valence-corrected chi connectivity index (χ0v) is 55.5. The lowest BCUT2D eigenvalue weighted by molar-refractivity contribution is -0.870. The van der Waals surface area contributed by atoms with Crippen LogP contribution in [-0.2, 0) is 18.4 Å². The Morgan fingerprint density at radius 1 is 0.417 bits per heavy atom. The van der Waals surface area contributed by atoms with Crippen LogP contribution >= 0.6 is 7.82 Å². The van der Waals surface area contributed by atoms with Gasteiger partial charge in [0.15, 0.2) is 0 Å². The van der Waals surface area contributed by atoms with Crippen LogP contribution in [0.3, 0.4) is 0 Å². The summed E-state index contributed by atoms with van der Waals surface area (Å²) in [7, 11) is 1.53. The van der Waals surface area contributed by atoms with Crippen molar-refractivity contribution in [3.05, 3.63) is 158 Å². The number of unbranched alkanes of at least 4 members (excludes halogenated alkanes) is 23. The van der Waals surface area contributed by atoms with Crippen LogP contribution in [0.5, 0.6) is 0 Å². The third-order valence-electron chi connectivity index (χ3n) is 14.2. The van der Waals surface area contributed by atoms with Gasteiger partial charge in [0.25, 0.3) is 0 Å². The minimum atomic E-state index is -4.37. The summed E-state index contributed by atoms with van der Waals surface area (Å²) in [6, 6.07) is -0.882. The molecule has 0 aromatic carbocycles. The van der Waals surface area contributed by atoms with E-state index in [0.717, 1.165) is 122 Å². The monoisotopic (exact) mass is 1180 g/mol. The van der Waals surface area contributed by atoms with Gasteiger partial charge in [0.1, 0.15) is 13.2 Å². The zero-order valence-electron chi connectivity index (χ0n) is 54.6. The van der Waals surface area contributed by atoms with E-state index >= 15 is 0 Å². The summed E-state index contributed by atoms with van der Waals surface area (Å²) in [6.45, 7) is 4.67. The van der Waals surface area contributed by atoms with Crippen molar-refractivity contribution < 1.29 is 32.9 Å². The molecule has 0 saturated carbocycles. The first-order valence-corrected chi connectivity index (χ1v) is 35.4. The molecule has 0 aliphatic carbocycles. The molecule has 0 fully saturated rings. The fourth-order valence-corrected chi connectivity index (χ4v) is 9.74. The number of aliphatic hydroxyl groups excluding tert-OH is 1. The van der Waals surface area contributed by atoms with E-state index in [0.29, 0.717) is 17.4 Å². The minimum absolute atomic E-state index is 0.0461. The number of phosphoric ester groups is 1. The van der Waals surface area contributed by atoms with E-state index in [2.05, 4.69) is 165 Å². The number of likely N-dealkylation sites (N-methyl/N-ethyl adjacent to an activating group) is 1. The Kier molecular flexibility index (Phi) is 60.7. The maximum atomic E-state index is 13.0. The van der Waals surface area contributed by atoms with Crippen LogP contribution in [0.1, 0.15) is 258 Å². The predicted octanol–water partition coefficient (Wildman–Crippen LogP) is 21.8. The molecular formula is C75H128N2O6P+. The predicted molar refractivity (Wildman–Crippen MR) is 368 cm³/mol. The first-order chi connectivity index (χ1) is 41.0. The van der Waals surface area contributed by atoms with Crippen molar-refractivity contribution >= 4 is 13.7 Å². The number of quaternary nitrogens is 1. The van der Waals surface area contributed by atoms with Crippen LogP contribution in [0.2, 0.25) is 0 Å². The second-order valence-corrected chi connectivity index (χ2v) is 24.9. The number of nitrogens with one attached hydrogen (secondary N) is 1. The number of hydrogen-bond donors (Lipinski definition) is 3. The Hall–Kier alpha value is -3.88. The van der Waals surface area contributed by atoms with Gasteiger partial charge in [-0.05, 0) is 116 Å². The van der Waals surface area contributed by atoms with Crippen molar-refractivity contribution in [3.63, 3.8) is 0 Å². The van der Waals surface area contributed by atoms with Crippen LogP contribution in [0.15, 0.2) is 158 Å². The average Bonchev–Trinajstić information content (AvgIpc) is 3.56. The fraction of sp³-hybridized carbons (Fsp3) is 0.640. The average molecular weight is 1180 g/mol. The molecule has 0 aliphatic rings. The van der Waals surface area contributed by atoms with Gasteiger partial charge in [0, 0.05) is 6.42 Å². The zero-order chi connectivity index (χ0) is 61.2. The van der Waals surface area contributed by atoms with Crippen LogP contribution in [0.4, 0.5) is 0 Å². The van der Waals surface area contributed by atoms with Gasteiger partial charge in [-0.15, -0.1) is 0 Å². The molecule has 0 aromatic rings. The van der Waals surface area contributed by atoms with Crippen LogP contribution in [-0.4, -0.2) is 73.4 Å². The van der Waals surface area contributed by atoms with Gasteiger partial charge in [-0.25, -0.2) is 4.57 Å². The van der Waals surface area contributed by atoms with Gasteiger partial charge >= 0.3 is 7.82 Å². The van der Waals surface area contributed by atoms with Crippen molar-refractivity contribution in [3.8, 4) is 0 Å². The van der Waals surface area contributed by atoms with Gasteiger partial charge < -0.3 is 19.8 Å². The topological polar surface area (TPSA) is 105 Å². The number of carbonyl (C=O) groups is 1. The summed E-state index contributed by atoms with van der Waals surface area (Å²) < 4.78 is 23.7. The molecular weight excluding hydrogens is 1060 g/mol. The fourth-order valence-electron chi connectivity index (χ4n) is 9.00. The van der Waals surface area contributed by atoms with E-state index in [4.69, 9.17) is 9.05 Å². The molecule has 0 rings (SSSR count). The van der Waals surface area contributed by atoms with Crippen molar-refractivity contribution in [2.45, 2.75) is 270 Å². The Morgan fingerprint density at radius 2 is 0.726 bits per heavy atom. The smallest absolute Gasteiger partial charge is 0.387 e. The molecule has 3 atom stereocenters. The molecule has 0 bridgehead atoms. The second kappa shape index (κ2) is 63.6. The third kappa shape index (κ3) is 65.7. The summed E-state index contributed by atoms with van der Waals surface area (Å²) in [4.78, 5) is 23.4. The minimum Gasteiger partial charge on any atom is -0.387 e. The SMILES string of the molecule is CC/C=C\C/C=C\C/C=C\C/C=C\C/C=C\C/C=C\C/C=C\C/C=C\C/C=C\C/C=C\C/C=C\CCCCCCCCCC(=O)NC(COP(=O)(O)OCC[N+](C)(C)C)C(O)/C=C/CC/C=C/CCCCCCCCCCCCCCCCC. The van der Waals surface area contributed by atoms with E-state index in [-0.39, 0.29) is 19.1 Å². The Bertz CT molecular complexity index is 1930. The molecule has 0 aromatic heterocycles. The van der Waals surface area contributed by atoms with Crippen LogP contribution in [0.25, 0.3) is 0 Å². The number of amides is 1. The maximum Gasteiger partial charge on any atom is 0.472 e. The molecule has 0 radical (unpaired) electrons. The number of hydrogen-bond acceptors (Lipinski definition) is 5. The van der Waals surface area contributed by atoms with Crippen LogP contribution in [0, 0.1) is 0 Å². The highest BCUT2D eigenvalue weighted by Gasteiger charge is 2.27. The molecule has 0 heterocycles. The summed E-state index contributed by atoms with van der Waals surface area (Å²) in [6.07, 6.45) is 99.5. The highest BCUT2D eigenvalue weighted by atomic mass is 31.2. The summed E-state index contributed by atoms with van der Waals surface area (Å²) in [5, 5.41) is 13.9. The molecule has 9 heteroatoms. The van der Waals surface area contributed by atoms with Crippen molar-refractivity contribution in [1.29, 1.82) is 0 Å². The summed E-state index contributed by atoms with van der Waals surface area (Å²) in [5.41, 5.74) is 0. The quantitative estimate of drug-likeness (QED) is 0.0243. The molecule has 478 valence electrons. The number of aliphatic hydroxyl groups is 1. The Morgan fingerprint density at radius 3 is 1.10 bits per heavy atom. The lowest BCUT2D eigenvalue weighted by atomic mass is 10.0. The molecule has 1 amide bonds. The third-order valence-corrected chi connectivity index (χ3v) is 15.2. The molecule has 0 saturated heterocycles. The number of rotatable bonds is 60. The number of nitrogens with zero attached hydrogens (tertiary/aromatic N) is 1. The first kappa shape index (κ1) is 80.1. The van der Waals surface area contributed by atoms with Crippen LogP contribution < -0.4 is 5.32 Å². The van der Waals surface area contributed by atoms with Crippen molar-refractivity contribution in [2.75, 3.05) is 40.9 Å². The van der Waals surface area contributed by atoms with Gasteiger partial charge in [-0.1, -0.05) is 294 Å². The van der Waals surface area contributed by atoms with E-state index in [9.17, 15) is 19.4 Å². The van der Waals surface area contributed by atoms with Gasteiger partial charge in [0.2, 0.25) is 5.91 Å². The highest BCUT2D eigenvalue weighted by Crippen LogP contribution is 2.43. The maximum absolute atomic E-state index is 13.0. The van der Waals surface area contributed by atoms with E-state index in [1.165, 1.54) is 116 Å². The molecule has 0 spiro atoms. The second-order valence-electron chi connectivity index (χ2n) is 23.5. The number of allylic oxidation sites excluding steroid dienone is 25. The molecule has 3 unspecified atom stereocenters. The van der Waals surface area contributed by atoms with Crippen molar-refractivity contribution in [2.24, 2.45) is 0 Å². The number of carbonyl (C=O) groups excluding carboxylic acids is 1. The molecule has 0 aliphatic heterocycles. The van der Waals surface area contributed by atoms with Gasteiger partial charge in [-0.2, -0.15) is 0 Å². The van der Waals surface area contributed by atoms with Gasteiger partial charge in [-0.3, -0.25) is 13.8 Å². The summed E-state index contributed by atoms with van der Waals surface area (Å²) in [5.74, 6) is -0.203. The number of phosphoric acid groups is 1.